The molecule has 0 radical (unpaired) electrons. The second-order valence-electron chi connectivity index (χ2n) is 15.0. The normalized spacial score (nSPS) is 16.4. The van der Waals surface area contributed by atoms with Crippen molar-refractivity contribution in [3.63, 3.8) is 0 Å². The maximum absolute atomic E-state index is 6.72. The van der Waals surface area contributed by atoms with Crippen LogP contribution in [-0.4, -0.2) is 15.0 Å². The number of hydrogen-bond acceptors (Lipinski definition) is 5. The van der Waals surface area contributed by atoms with Gasteiger partial charge in [-0.2, -0.15) is 0 Å². The van der Waals surface area contributed by atoms with Crippen LogP contribution >= 0.6 is 11.3 Å². The van der Waals surface area contributed by atoms with Gasteiger partial charge in [-0.3, -0.25) is 0 Å². The third kappa shape index (κ3) is 4.89. The fourth-order valence-electron chi connectivity index (χ4n) is 9.37. The maximum Gasteiger partial charge on any atom is 0.164 e. The van der Waals surface area contributed by atoms with Crippen LogP contribution in [0, 0.1) is 0 Å². The predicted molar refractivity (Wildman–Crippen MR) is 233 cm³/mol. The van der Waals surface area contributed by atoms with Crippen molar-refractivity contribution in [3.8, 4) is 56.8 Å². The van der Waals surface area contributed by atoms with E-state index in [9.17, 15) is 0 Å². The number of aromatic nitrogens is 3. The van der Waals surface area contributed by atoms with Gasteiger partial charge in [0, 0.05) is 48.0 Å². The van der Waals surface area contributed by atoms with Gasteiger partial charge >= 0.3 is 0 Å². The van der Waals surface area contributed by atoms with E-state index in [0.29, 0.717) is 17.5 Å². The Kier molecular flexibility index (Phi) is 7.10. The number of thiophene rings is 1. The lowest BCUT2D eigenvalue weighted by atomic mass is 9.64. The van der Waals surface area contributed by atoms with E-state index in [1.807, 2.05) is 18.2 Å². The minimum Gasteiger partial charge on any atom is -0.457 e. The topological polar surface area (TPSA) is 47.9 Å². The first-order chi connectivity index (χ1) is 28.2. The highest BCUT2D eigenvalue weighted by atomic mass is 32.1. The second-order valence-corrected chi connectivity index (χ2v) is 16.1. The van der Waals surface area contributed by atoms with Gasteiger partial charge in [0.1, 0.15) is 11.5 Å². The standard InChI is InChI=1S/C52H33N3OS/c1-2-13-32(14-3-1)49-53-50(55-51(54-49)36-25-27-40-39-19-6-11-24-47(39)57-48(40)31-36)35-16-12-15-33(29-35)34-26-28-46-44(30-34)52(43-22-9-10-23-45(43)56-46)41-20-7-4-17-37(41)38-18-5-8-21-42(38)52/h1-4,6-17,19-31H,5,18H2. The quantitative estimate of drug-likeness (QED) is 0.180. The molecule has 0 amide bonds. The average molecular weight is 748 g/mol. The van der Waals surface area contributed by atoms with E-state index >= 15 is 0 Å². The zero-order valence-corrected chi connectivity index (χ0v) is 31.6. The number of allylic oxidation sites excluding steroid dienone is 4. The summed E-state index contributed by atoms with van der Waals surface area (Å²) in [7, 11) is 0. The summed E-state index contributed by atoms with van der Waals surface area (Å²) in [6, 6.07) is 58.2. The molecule has 5 heteroatoms. The molecule has 3 aliphatic rings. The zero-order chi connectivity index (χ0) is 37.5. The summed E-state index contributed by atoms with van der Waals surface area (Å²) >= 11 is 1.80. The Balaban J connectivity index is 1.01. The van der Waals surface area contributed by atoms with Crippen LogP contribution in [0.3, 0.4) is 0 Å². The van der Waals surface area contributed by atoms with Crippen molar-refractivity contribution in [1.29, 1.82) is 0 Å². The van der Waals surface area contributed by atoms with Gasteiger partial charge in [0.2, 0.25) is 0 Å². The average Bonchev–Trinajstić information content (AvgIpc) is 3.80. The van der Waals surface area contributed by atoms with Crippen LogP contribution < -0.4 is 4.74 Å². The van der Waals surface area contributed by atoms with Crippen molar-refractivity contribution < 1.29 is 4.74 Å². The Morgan fingerprint density at radius 3 is 2.02 bits per heavy atom. The van der Waals surface area contributed by atoms with Crippen molar-refractivity contribution in [2.45, 2.75) is 18.3 Å². The molecule has 0 saturated carbocycles. The summed E-state index contributed by atoms with van der Waals surface area (Å²) in [4.78, 5) is 15.3. The van der Waals surface area contributed by atoms with E-state index in [1.54, 1.807) is 11.3 Å². The Morgan fingerprint density at radius 2 is 1.12 bits per heavy atom. The molecular weight excluding hydrogens is 715 g/mol. The van der Waals surface area contributed by atoms with Crippen LogP contribution in [0.5, 0.6) is 11.5 Å². The molecule has 4 nitrogen and oxygen atoms in total. The van der Waals surface area contributed by atoms with E-state index < -0.39 is 5.41 Å². The molecule has 1 unspecified atom stereocenters. The smallest absolute Gasteiger partial charge is 0.164 e. The largest absolute Gasteiger partial charge is 0.457 e. The molecule has 9 aromatic rings. The third-order valence-corrected chi connectivity index (χ3v) is 13.0. The minimum atomic E-state index is -0.482. The molecule has 0 N–H and O–H groups in total. The van der Waals surface area contributed by atoms with E-state index in [2.05, 4.69) is 158 Å². The summed E-state index contributed by atoms with van der Waals surface area (Å²) in [5.74, 6) is 3.74. The first-order valence-electron chi connectivity index (χ1n) is 19.5. The number of para-hydroxylation sites is 1. The lowest BCUT2D eigenvalue weighted by molar-refractivity contribution is 0.435. The molecule has 1 atom stereocenters. The molecule has 3 heterocycles. The summed E-state index contributed by atoms with van der Waals surface area (Å²) in [6.45, 7) is 0. The summed E-state index contributed by atoms with van der Waals surface area (Å²) < 4.78 is 9.21. The highest BCUT2D eigenvalue weighted by Gasteiger charge is 2.51. The van der Waals surface area contributed by atoms with Crippen LogP contribution in [-0.2, 0) is 5.41 Å². The van der Waals surface area contributed by atoms with E-state index in [4.69, 9.17) is 19.7 Å². The molecule has 1 spiro atoms. The fourth-order valence-corrected chi connectivity index (χ4v) is 10.5. The summed E-state index contributed by atoms with van der Waals surface area (Å²) in [5, 5.41) is 2.52. The molecule has 2 aromatic heterocycles. The predicted octanol–water partition coefficient (Wildman–Crippen LogP) is 13.5. The highest BCUT2D eigenvalue weighted by molar-refractivity contribution is 7.25. The number of ether oxygens (including phenoxy) is 1. The minimum absolute atomic E-state index is 0.482. The maximum atomic E-state index is 6.72. The Morgan fingerprint density at radius 1 is 0.474 bits per heavy atom. The van der Waals surface area contributed by atoms with E-state index in [-0.39, 0.29) is 0 Å². The van der Waals surface area contributed by atoms with Crippen molar-refractivity contribution in [2.24, 2.45) is 0 Å². The van der Waals surface area contributed by atoms with Crippen LogP contribution in [0.1, 0.15) is 35.1 Å². The highest BCUT2D eigenvalue weighted by Crippen LogP contribution is 2.63. The van der Waals surface area contributed by atoms with Crippen LogP contribution in [0.4, 0.5) is 0 Å². The molecule has 0 saturated heterocycles. The summed E-state index contributed by atoms with van der Waals surface area (Å²) in [5.41, 5.74) is 12.4. The number of hydrogen-bond donors (Lipinski definition) is 0. The molecular formula is C52H33N3OS. The number of benzene rings is 7. The second kappa shape index (κ2) is 12.5. The molecule has 12 rings (SSSR count). The molecule has 1 aliphatic heterocycles. The molecule has 268 valence electrons. The zero-order valence-electron chi connectivity index (χ0n) is 30.8. The Bertz CT molecular complexity index is 3180. The Hall–Kier alpha value is -6.95. The van der Waals surface area contributed by atoms with Crippen LogP contribution in [0.25, 0.3) is 71.0 Å². The Labute approximate surface area is 334 Å². The molecule has 7 aromatic carbocycles. The number of nitrogens with zero attached hydrogens (tertiary/aromatic N) is 3. The summed E-state index contributed by atoms with van der Waals surface area (Å²) in [6.07, 6.45) is 6.79. The van der Waals surface area contributed by atoms with Crippen LogP contribution in [0.2, 0.25) is 0 Å². The first kappa shape index (κ1) is 32.3. The van der Waals surface area contributed by atoms with Crippen molar-refractivity contribution in [3.05, 3.63) is 204 Å². The van der Waals surface area contributed by atoms with Gasteiger partial charge in [-0.15, -0.1) is 11.3 Å². The molecule has 0 bridgehead atoms. The lowest BCUT2D eigenvalue weighted by Crippen LogP contribution is -2.33. The van der Waals surface area contributed by atoms with E-state index in [1.165, 1.54) is 53.6 Å². The van der Waals surface area contributed by atoms with Gasteiger partial charge in [0.25, 0.3) is 0 Å². The van der Waals surface area contributed by atoms with Crippen LogP contribution in [0.15, 0.2) is 182 Å². The van der Waals surface area contributed by atoms with Gasteiger partial charge in [-0.1, -0.05) is 140 Å². The van der Waals surface area contributed by atoms with E-state index in [0.717, 1.165) is 52.2 Å². The first-order valence-corrected chi connectivity index (χ1v) is 20.3. The molecule has 2 aliphatic carbocycles. The van der Waals surface area contributed by atoms with Gasteiger partial charge in [-0.25, -0.2) is 15.0 Å². The van der Waals surface area contributed by atoms with Gasteiger partial charge in [0.15, 0.2) is 17.5 Å². The van der Waals surface area contributed by atoms with Gasteiger partial charge in [0.05, 0.1) is 5.41 Å². The monoisotopic (exact) mass is 747 g/mol. The van der Waals surface area contributed by atoms with Gasteiger partial charge < -0.3 is 4.74 Å². The van der Waals surface area contributed by atoms with Crippen molar-refractivity contribution in [1.82, 2.24) is 15.0 Å². The molecule has 0 fully saturated rings. The van der Waals surface area contributed by atoms with Gasteiger partial charge in [-0.05, 0) is 82.6 Å². The number of fused-ring (bicyclic) bond motifs is 11. The SMILES string of the molecule is C1=CC2=C(CC1)c1ccccc1C21c2ccccc2Oc2ccc(-c3cccc(-c4nc(-c5ccccc5)nc(-c5ccc6c(c5)sc5ccccc56)n4)c3)cc21. The lowest BCUT2D eigenvalue weighted by Gasteiger charge is -2.40. The third-order valence-electron chi connectivity index (χ3n) is 11.9. The van der Waals surface area contributed by atoms with Crippen molar-refractivity contribution >= 4 is 37.1 Å². The molecule has 57 heavy (non-hydrogen) atoms. The fraction of sp³-hybridized carbons (Fsp3) is 0.0577. The number of rotatable bonds is 4. The van der Waals surface area contributed by atoms with Crippen molar-refractivity contribution in [2.75, 3.05) is 0 Å².